The maximum Gasteiger partial charge on any atom is 0.252 e. The Morgan fingerprint density at radius 2 is 1.85 bits per heavy atom. The topological polar surface area (TPSA) is 64.7 Å². The van der Waals surface area contributed by atoms with Crippen LogP contribution in [0.15, 0.2) is 59.1 Å². The van der Waals surface area contributed by atoms with Crippen LogP contribution in [0.2, 0.25) is 0 Å². The van der Waals surface area contributed by atoms with Gasteiger partial charge in [0.05, 0.1) is 6.10 Å². The van der Waals surface area contributed by atoms with Crippen molar-refractivity contribution in [1.82, 2.24) is 5.16 Å². The molecule has 0 aliphatic heterocycles. The minimum atomic E-state index is -0.371. The van der Waals surface area contributed by atoms with E-state index in [1.165, 1.54) is 11.6 Å². The molecule has 1 N–H and O–H groups in total. The number of ether oxygens (including phenoxy) is 2. The molecule has 0 spiro atoms. The lowest BCUT2D eigenvalue weighted by Gasteiger charge is -2.27. The normalized spacial score (nSPS) is 14.1. The van der Waals surface area contributed by atoms with Crippen LogP contribution in [0, 0.1) is 0 Å². The highest BCUT2D eigenvalue weighted by molar-refractivity contribution is 5.59. The van der Waals surface area contributed by atoms with Gasteiger partial charge in [0, 0.05) is 18.1 Å². The number of aromatic nitrogens is 1. The van der Waals surface area contributed by atoms with Crippen LogP contribution in [0.4, 0.5) is 0 Å². The first kappa shape index (κ1) is 17.5. The van der Waals surface area contributed by atoms with E-state index in [2.05, 4.69) is 31.1 Å². The van der Waals surface area contributed by atoms with Gasteiger partial charge >= 0.3 is 0 Å². The molecule has 0 radical (unpaired) electrons. The summed E-state index contributed by atoms with van der Waals surface area (Å²) >= 11 is 0. The van der Waals surface area contributed by atoms with Crippen LogP contribution in [0.3, 0.4) is 0 Å². The molecule has 5 heteroatoms. The SMILES string of the molecule is CC(C)(Cc1cccc(OC2CC2)c1)Oc1ccc(-c2cc(O)no2)cc1. The second-order valence-electron chi connectivity index (χ2n) is 7.58. The van der Waals surface area contributed by atoms with Gasteiger partial charge in [-0.3, -0.25) is 0 Å². The molecule has 4 rings (SSSR count). The lowest BCUT2D eigenvalue weighted by Crippen LogP contribution is -2.30. The van der Waals surface area contributed by atoms with Gasteiger partial charge in [-0.25, -0.2) is 0 Å². The summed E-state index contributed by atoms with van der Waals surface area (Å²) in [5, 5.41) is 12.8. The van der Waals surface area contributed by atoms with Gasteiger partial charge in [-0.15, -0.1) is 0 Å². The van der Waals surface area contributed by atoms with Crippen molar-refractivity contribution in [2.24, 2.45) is 0 Å². The lowest BCUT2D eigenvalue weighted by atomic mass is 9.98. The predicted molar refractivity (Wildman–Crippen MR) is 102 cm³/mol. The van der Waals surface area contributed by atoms with Crippen molar-refractivity contribution in [3.05, 3.63) is 60.2 Å². The zero-order valence-corrected chi connectivity index (χ0v) is 15.5. The van der Waals surface area contributed by atoms with Crippen LogP contribution in [-0.4, -0.2) is 22.0 Å². The van der Waals surface area contributed by atoms with E-state index in [1.807, 2.05) is 36.4 Å². The van der Waals surface area contributed by atoms with Crippen molar-refractivity contribution >= 4 is 0 Å². The molecule has 1 fully saturated rings. The Hall–Kier alpha value is -2.95. The molecule has 0 saturated heterocycles. The predicted octanol–water partition coefficient (Wildman–Crippen LogP) is 4.99. The summed E-state index contributed by atoms with van der Waals surface area (Å²) in [4.78, 5) is 0. The van der Waals surface area contributed by atoms with Crippen molar-refractivity contribution in [3.8, 4) is 28.7 Å². The Morgan fingerprint density at radius 3 is 2.52 bits per heavy atom. The second-order valence-corrected chi connectivity index (χ2v) is 7.58. The Balaban J connectivity index is 1.41. The largest absolute Gasteiger partial charge is 0.491 e. The fourth-order valence-electron chi connectivity index (χ4n) is 3.04. The summed E-state index contributed by atoms with van der Waals surface area (Å²) in [6.07, 6.45) is 3.48. The number of hydrogen-bond donors (Lipinski definition) is 1. The molecule has 0 atom stereocenters. The van der Waals surface area contributed by atoms with E-state index in [0.717, 1.165) is 36.3 Å². The molecule has 0 unspecified atom stereocenters. The molecule has 2 aromatic carbocycles. The minimum Gasteiger partial charge on any atom is -0.491 e. The smallest absolute Gasteiger partial charge is 0.252 e. The van der Waals surface area contributed by atoms with Gasteiger partial charge in [0.1, 0.15) is 17.1 Å². The van der Waals surface area contributed by atoms with E-state index < -0.39 is 0 Å². The molecular weight excluding hydrogens is 342 g/mol. The summed E-state index contributed by atoms with van der Waals surface area (Å²) in [5.74, 6) is 2.11. The highest BCUT2D eigenvalue weighted by Crippen LogP contribution is 2.30. The number of rotatable bonds is 7. The van der Waals surface area contributed by atoms with E-state index in [4.69, 9.17) is 14.0 Å². The van der Waals surface area contributed by atoms with Crippen molar-refractivity contribution < 1.29 is 19.1 Å². The Labute approximate surface area is 158 Å². The zero-order chi connectivity index (χ0) is 18.9. The lowest BCUT2D eigenvalue weighted by molar-refractivity contribution is 0.110. The number of hydrogen-bond acceptors (Lipinski definition) is 5. The Bertz CT molecular complexity index is 910. The van der Waals surface area contributed by atoms with Crippen LogP contribution in [0.1, 0.15) is 32.3 Å². The highest BCUT2D eigenvalue weighted by Gasteiger charge is 2.24. The summed E-state index contributed by atoms with van der Waals surface area (Å²) in [5.41, 5.74) is 1.65. The maximum absolute atomic E-state index is 9.29. The first-order chi connectivity index (χ1) is 13.0. The van der Waals surface area contributed by atoms with E-state index in [-0.39, 0.29) is 11.5 Å². The fourth-order valence-corrected chi connectivity index (χ4v) is 3.04. The van der Waals surface area contributed by atoms with E-state index in [9.17, 15) is 5.11 Å². The van der Waals surface area contributed by atoms with E-state index in [1.54, 1.807) is 0 Å². The molecule has 3 aromatic rings. The Morgan fingerprint density at radius 1 is 1.07 bits per heavy atom. The molecule has 1 heterocycles. The average molecular weight is 365 g/mol. The summed E-state index contributed by atoms with van der Waals surface area (Å²) < 4.78 is 17.1. The molecular formula is C22H23NO4. The molecule has 5 nitrogen and oxygen atoms in total. The van der Waals surface area contributed by atoms with Crippen molar-refractivity contribution in [2.75, 3.05) is 0 Å². The molecule has 1 aromatic heterocycles. The third-order valence-corrected chi connectivity index (χ3v) is 4.39. The van der Waals surface area contributed by atoms with Gasteiger partial charge in [-0.2, -0.15) is 0 Å². The highest BCUT2D eigenvalue weighted by atomic mass is 16.5. The molecule has 140 valence electrons. The van der Waals surface area contributed by atoms with Crippen LogP contribution < -0.4 is 9.47 Å². The molecule has 27 heavy (non-hydrogen) atoms. The van der Waals surface area contributed by atoms with Gasteiger partial charge in [-0.05, 0) is 73.8 Å². The quantitative estimate of drug-likeness (QED) is 0.639. The van der Waals surface area contributed by atoms with Gasteiger partial charge in [-0.1, -0.05) is 12.1 Å². The summed E-state index contributed by atoms with van der Waals surface area (Å²) in [6.45, 7) is 4.15. The first-order valence-corrected chi connectivity index (χ1v) is 9.18. The Kier molecular flexibility index (Phi) is 4.52. The molecule has 1 aliphatic carbocycles. The van der Waals surface area contributed by atoms with Crippen molar-refractivity contribution in [1.29, 1.82) is 0 Å². The first-order valence-electron chi connectivity index (χ1n) is 9.18. The second kappa shape index (κ2) is 6.99. The average Bonchev–Trinajstić information content (AvgIpc) is 3.32. The molecule has 1 aliphatic rings. The monoisotopic (exact) mass is 365 g/mol. The van der Waals surface area contributed by atoms with Crippen molar-refractivity contribution in [2.45, 2.75) is 44.8 Å². The van der Waals surface area contributed by atoms with Gasteiger partial charge < -0.3 is 19.1 Å². The third kappa shape index (κ3) is 4.61. The summed E-state index contributed by atoms with van der Waals surface area (Å²) in [7, 11) is 0. The number of benzene rings is 2. The molecule has 0 amide bonds. The van der Waals surface area contributed by atoms with Gasteiger partial charge in [0.25, 0.3) is 5.88 Å². The van der Waals surface area contributed by atoms with Crippen LogP contribution >= 0.6 is 0 Å². The van der Waals surface area contributed by atoms with Crippen LogP contribution in [-0.2, 0) is 6.42 Å². The van der Waals surface area contributed by atoms with Crippen LogP contribution in [0.25, 0.3) is 11.3 Å². The zero-order valence-electron chi connectivity index (χ0n) is 15.5. The van der Waals surface area contributed by atoms with E-state index >= 15 is 0 Å². The van der Waals surface area contributed by atoms with Crippen molar-refractivity contribution in [3.63, 3.8) is 0 Å². The molecule has 1 saturated carbocycles. The van der Waals surface area contributed by atoms with Gasteiger partial charge in [0.2, 0.25) is 0 Å². The van der Waals surface area contributed by atoms with E-state index in [0.29, 0.717) is 11.9 Å². The van der Waals surface area contributed by atoms with Gasteiger partial charge in [0.15, 0.2) is 5.76 Å². The summed E-state index contributed by atoms with van der Waals surface area (Å²) in [6, 6.07) is 17.3. The standard InChI is InChI=1S/C22H23NO4/c1-22(2,14-15-4-3-5-19(12-15)25-17-10-11-17)26-18-8-6-16(7-9-18)20-13-21(24)23-27-20/h3-9,12-13,17H,10-11,14H2,1-2H3,(H,23,24). The maximum atomic E-state index is 9.29. The fraction of sp³-hybridized carbons (Fsp3) is 0.318. The number of nitrogens with zero attached hydrogens (tertiary/aromatic N) is 1. The minimum absolute atomic E-state index is 0.126. The number of aromatic hydroxyl groups is 1. The third-order valence-electron chi connectivity index (χ3n) is 4.39. The molecule has 0 bridgehead atoms. The van der Waals surface area contributed by atoms with Crippen LogP contribution in [0.5, 0.6) is 17.4 Å².